The van der Waals surface area contributed by atoms with E-state index in [9.17, 15) is 18.3 Å². The summed E-state index contributed by atoms with van der Waals surface area (Å²) in [6.45, 7) is 11.8. The lowest BCUT2D eigenvalue weighted by atomic mass is 9.93. The summed E-state index contributed by atoms with van der Waals surface area (Å²) in [5, 5.41) is 9.81. The molecule has 1 aliphatic rings. The molecule has 3 rings (SSSR count). The Bertz CT molecular complexity index is 821. The monoisotopic (exact) mass is 434 g/mol. The maximum Gasteiger partial charge on any atom is 0.421 e. The van der Waals surface area contributed by atoms with Crippen LogP contribution in [0.5, 0.6) is 0 Å². The molecule has 1 atom stereocenters. The molecule has 1 heterocycles. The highest BCUT2D eigenvalue weighted by Crippen LogP contribution is 2.39. The maximum absolute atomic E-state index is 13.0. The summed E-state index contributed by atoms with van der Waals surface area (Å²) in [5.41, 5.74) is -0.00908. The third-order valence-corrected chi connectivity index (χ3v) is 6.18. The van der Waals surface area contributed by atoms with Gasteiger partial charge in [-0.3, -0.25) is 4.90 Å². The van der Waals surface area contributed by atoms with Crippen LogP contribution in [0.3, 0.4) is 0 Å². The van der Waals surface area contributed by atoms with E-state index in [4.69, 9.17) is 0 Å². The number of benzene rings is 2. The van der Waals surface area contributed by atoms with Crippen molar-refractivity contribution in [2.45, 2.75) is 45.5 Å². The highest BCUT2D eigenvalue weighted by molar-refractivity contribution is 5.64. The zero-order valence-corrected chi connectivity index (χ0v) is 18.6. The molecule has 170 valence electrons. The van der Waals surface area contributed by atoms with E-state index in [1.807, 2.05) is 12.1 Å². The first-order valence-corrected chi connectivity index (χ1v) is 11.0. The van der Waals surface area contributed by atoms with Gasteiger partial charge in [-0.15, -0.1) is 0 Å². The molecule has 0 saturated carbocycles. The first-order valence-electron chi connectivity index (χ1n) is 11.0. The zero-order valence-electron chi connectivity index (χ0n) is 18.6. The Kier molecular flexibility index (Phi) is 7.45. The standard InChI is InChI=1S/C25H33F3N2O/c1-19(2)12-13-29-14-16-30(17-15-29)18-20-4-6-21(7-5-20)22-8-10-23(11-9-22)24(3,31)25(26,27)28/h4-11,19,31H,12-18H2,1-3H3. The molecule has 1 fully saturated rings. The van der Waals surface area contributed by atoms with Crippen molar-refractivity contribution in [3.63, 3.8) is 0 Å². The normalized spacial score (nSPS) is 18.3. The van der Waals surface area contributed by atoms with E-state index in [-0.39, 0.29) is 5.56 Å². The topological polar surface area (TPSA) is 26.7 Å². The number of hydrogen-bond acceptors (Lipinski definition) is 3. The third-order valence-electron chi connectivity index (χ3n) is 6.18. The van der Waals surface area contributed by atoms with E-state index >= 15 is 0 Å². The number of piperazine rings is 1. The van der Waals surface area contributed by atoms with E-state index in [1.165, 1.54) is 30.7 Å². The Morgan fingerprint density at radius 2 is 1.32 bits per heavy atom. The van der Waals surface area contributed by atoms with Gasteiger partial charge in [-0.1, -0.05) is 62.4 Å². The molecule has 2 aromatic carbocycles. The molecule has 0 radical (unpaired) electrons. The van der Waals surface area contributed by atoms with Crippen LogP contribution in [-0.4, -0.2) is 53.8 Å². The molecule has 1 N–H and O–H groups in total. The Morgan fingerprint density at radius 3 is 1.81 bits per heavy atom. The van der Waals surface area contributed by atoms with E-state index in [1.54, 1.807) is 12.1 Å². The van der Waals surface area contributed by atoms with Gasteiger partial charge >= 0.3 is 6.18 Å². The van der Waals surface area contributed by atoms with Crippen molar-refractivity contribution in [3.8, 4) is 11.1 Å². The molecule has 0 aliphatic carbocycles. The van der Waals surface area contributed by atoms with Crippen molar-refractivity contribution in [1.82, 2.24) is 9.80 Å². The van der Waals surface area contributed by atoms with Crippen LogP contribution in [0.2, 0.25) is 0 Å². The van der Waals surface area contributed by atoms with Gasteiger partial charge in [0.25, 0.3) is 0 Å². The summed E-state index contributed by atoms with van der Waals surface area (Å²) >= 11 is 0. The van der Waals surface area contributed by atoms with Crippen LogP contribution in [0, 0.1) is 5.92 Å². The Morgan fingerprint density at radius 1 is 0.839 bits per heavy atom. The number of hydrogen-bond donors (Lipinski definition) is 1. The predicted octanol–water partition coefficient (Wildman–Crippen LogP) is 5.29. The average molecular weight is 435 g/mol. The van der Waals surface area contributed by atoms with Gasteiger partial charge in [0.15, 0.2) is 5.60 Å². The second-order valence-corrected chi connectivity index (χ2v) is 9.14. The van der Waals surface area contributed by atoms with E-state index in [2.05, 4.69) is 35.8 Å². The molecule has 0 aromatic heterocycles. The maximum atomic E-state index is 13.0. The van der Waals surface area contributed by atoms with Crippen molar-refractivity contribution in [2.75, 3.05) is 32.7 Å². The lowest BCUT2D eigenvalue weighted by Crippen LogP contribution is -2.46. The lowest BCUT2D eigenvalue weighted by Gasteiger charge is -2.35. The summed E-state index contributed by atoms with van der Waals surface area (Å²) in [4.78, 5) is 5.01. The number of alkyl halides is 3. The van der Waals surface area contributed by atoms with Gasteiger partial charge in [-0.25, -0.2) is 0 Å². The lowest BCUT2D eigenvalue weighted by molar-refractivity contribution is -0.258. The highest BCUT2D eigenvalue weighted by atomic mass is 19.4. The van der Waals surface area contributed by atoms with Crippen LogP contribution in [0.4, 0.5) is 13.2 Å². The minimum Gasteiger partial charge on any atom is -0.376 e. The second-order valence-electron chi connectivity index (χ2n) is 9.14. The highest BCUT2D eigenvalue weighted by Gasteiger charge is 2.51. The van der Waals surface area contributed by atoms with Gasteiger partial charge in [-0.2, -0.15) is 13.2 Å². The minimum absolute atomic E-state index is 0.159. The quantitative estimate of drug-likeness (QED) is 0.642. The number of rotatable bonds is 7. The molecule has 1 aliphatic heterocycles. The van der Waals surface area contributed by atoms with Crippen molar-refractivity contribution in [1.29, 1.82) is 0 Å². The molecule has 6 heteroatoms. The van der Waals surface area contributed by atoms with Crippen LogP contribution < -0.4 is 0 Å². The molecule has 1 saturated heterocycles. The minimum atomic E-state index is -4.71. The molecule has 31 heavy (non-hydrogen) atoms. The van der Waals surface area contributed by atoms with Crippen molar-refractivity contribution >= 4 is 0 Å². The Balaban J connectivity index is 1.56. The van der Waals surface area contributed by atoms with E-state index in [0.717, 1.165) is 56.7 Å². The van der Waals surface area contributed by atoms with E-state index in [0.29, 0.717) is 0 Å². The fourth-order valence-corrected chi connectivity index (χ4v) is 3.82. The van der Waals surface area contributed by atoms with Crippen LogP contribution >= 0.6 is 0 Å². The van der Waals surface area contributed by atoms with Crippen LogP contribution in [0.25, 0.3) is 11.1 Å². The van der Waals surface area contributed by atoms with Gasteiger partial charge in [0.05, 0.1) is 0 Å². The van der Waals surface area contributed by atoms with Crippen molar-refractivity contribution < 1.29 is 18.3 Å². The molecule has 0 bridgehead atoms. The largest absolute Gasteiger partial charge is 0.421 e. The molecule has 2 aromatic rings. The van der Waals surface area contributed by atoms with Gasteiger partial charge in [0, 0.05) is 32.7 Å². The number of nitrogens with zero attached hydrogens (tertiary/aromatic N) is 2. The van der Waals surface area contributed by atoms with Crippen LogP contribution in [-0.2, 0) is 12.1 Å². The summed E-state index contributed by atoms with van der Waals surface area (Å²) in [7, 11) is 0. The Hall–Kier alpha value is -1.89. The van der Waals surface area contributed by atoms with Crippen LogP contribution in [0.15, 0.2) is 48.5 Å². The smallest absolute Gasteiger partial charge is 0.376 e. The second kappa shape index (κ2) is 9.72. The third kappa shape index (κ3) is 6.09. The first-order chi connectivity index (χ1) is 14.6. The van der Waals surface area contributed by atoms with E-state index < -0.39 is 11.8 Å². The molecule has 3 nitrogen and oxygen atoms in total. The van der Waals surface area contributed by atoms with Gasteiger partial charge in [-0.05, 0) is 48.1 Å². The molecular weight excluding hydrogens is 401 g/mol. The molecular formula is C25H33F3N2O. The molecule has 0 spiro atoms. The summed E-state index contributed by atoms with van der Waals surface area (Å²) in [6.07, 6.45) is -3.47. The average Bonchev–Trinajstić information content (AvgIpc) is 2.73. The van der Waals surface area contributed by atoms with Gasteiger partial charge < -0.3 is 10.0 Å². The fraction of sp³-hybridized carbons (Fsp3) is 0.520. The van der Waals surface area contributed by atoms with Crippen molar-refractivity contribution in [3.05, 3.63) is 59.7 Å². The van der Waals surface area contributed by atoms with Gasteiger partial charge in [0.1, 0.15) is 0 Å². The van der Waals surface area contributed by atoms with Gasteiger partial charge in [0.2, 0.25) is 0 Å². The Labute approximate surface area is 183 Å². The SMILES string of the molecule is CC(C)CCN1CCN(Cc2ccc(-c3ccc(C(C)(O)C(F)(F)F)cc3)cc2)CC1. The number of aliphatic hydroxyl groups is 1. The molecule has 1 unspecified atom stereocenters. The number of halogens is 3. The first kappa shape index (κ1) is 23.8. The predicted molar refractivity (Wildman–Crippen MR) is 119 cm³/mol. The summed E-state index contributed by atoms with van der Waals surface area (Å²) < 4.78 is 39.0. The zero-order chi connectivity index (χ0) is 22.6. The van der Waals surface area contributed by atoms with Crippen molar-refractivity contribution in [2.24, 2.45) is 5.92 Å². The summed E-state index contributed by atoms with van der Waals surface area (Å²) in [5.74, 6) is 0.741. The molecule has 0 amide bonds. The van der Waals surface area contributed by atoms with Crippen LogP contribution in [0.1, 0.15) is 38.3 Å². The summed E-state index contributed by atoms with van der Waals surface area (Å²) in [6, 6.07) is 14.1. The fourth-order valence-electron chi connectivity index (χ4n) is 3.82.